The number of rotatable bonds is 6. The van der Waals surface area contributed by atoms with Crippen LogP contribution in [0.15, 0.2) is 36.5 Å². The van der Waals surface area contributed by atoms with Crippen molar-refractivity contribution in [1.29, 1.82) is 0 Å². The van der Waals surface area contributed by atoms with Gasteiger partial charge in [-0.25, -0.2) is 9.97 Å². The molecule has 152 valence electrons. The molecule has 1 fully saturated rings. The molecule has 3 aromatic rings. The largest absolute Gasteiger partial charge is 0.496 e. The molecule has 0 aliphatic carbocycles. The average Bonchev–Trinajstić information content (AvgIpc) is 3.37. The number of fused-ring (bicyclic) bond motifs is 1. The SMILES string of the molecule is COCCn1c([C@H]2CCN(C(=O)c3ccc(C)c(OC)c3)C2)nc2cccnc21. The molecule has 1 saturated heterocycles. The first kappa shape index (κ1) is 19.4. The van der Waals surface area contributed by atoms with E-state index in [4.69, 9.17) is 14.5 Å². The van der Waals surface area contributed by atoms with Gasteiger partial charge in [0, 0.05) is 44.4 Å². The summed E-state index contributed by atoms with van der Waals surface area (Å²) < 4.78 is 12.8. The van der Waals surface area contributed by atoms with Crippen LogP contribution in [0.4, 0.5) is 0 Å². The summed E-state index contributed by atoms with van der Waals surface area (Å²) in [7, 11) is 3.32. The lowest BCUT2D eigenvalue weighted by Gasteiger charge is -2.18. The third-order valence-electron chi connectivity index (χ3n) is 5.55. The highest BCUT2D eigenvalue weighted by molar-refractivity contribution is 5.95. The Kier molecular flexibility index (Phi) is 5.49. The minimum atomic E-state index is 0.0310. The first-order valence-corrected chi connectivity index (χ1v) is 9.86. The molecule has 2 aromatic heterocycles. The van der Waals surface area contributed by atoms with Crippen LogP contribution in [-0.4, -0.2) is 59.3 Å². The van der Waals surface area contributed by atoms with E-state index >= 15 is 0 Å². The quantitative estimate of drug-likeness (QED) is 0.643. The van der Waals surface area contributed by atoms with E-state index in [1.807, 2.05) is 42.2 Å². The lowest BCUT2D eigenvalue weighted by atomic mass is 10.1. The van der Waals surface area contributed by atoms with Crippen molar-refractivity contribution >= 4 is 17.1 Å². The van der Waals surface area contributed by atoms with E-state index in [0.717, 1.165) is 34.7 Å². The molecule has 1 aliphatic heterocycles. The molecule has 0 N–H and O–H groups in total. The van der Waals surface area contributed by atoms with Crippen LogP contribution in [0.25, 0.3) is 11.2 Å². The molecule has 0 saturated carbocycles. The molecule has 3 heterocycles. The van der Waals surface area contributed by atoms with Crippen LogP contribution in [0, 0.1) is 6.92 Å². The van der Waals surface area contributed by atoms with Crippen LogP contribution >= 0.6 is 0 Å². The van der Waals surface area contributed by atoms with Gasteiger partial charge in [-0.2, -0.15) is 0 Å². The Labute approximate surface area is 170 Å². The second-order valence-corrected chi connectivity index (χ2v) is 7.38. The number of methoxy groups -OCH3 is 2. The third-order valence-corrected chi connectivity index (χ3v) is 5.55. The van der Waals surface area contributed by atoms with Gasteiger partial charge in [0.25, 0.3) is 5.91 Å². The molecule has 0 spiro atoms. The standard InChI is InChI=1S/C22H26N4O3/c1-15-6-7-16(13-19(15)29-3)22(27)25-10-8-17(14-25)20-24-18-5-4-9-23-21(18)26(20)11-12-28-2/h4-7,9,13,17H,8,10-12,14H2,1-3H3/t17-/m0/s1. The van der Waals surface area contributed by atoms with Gasteiger partial charge < -0.3 is 18.9 Å². The topological polar surface area (TPSA) is 69.5 Å². The number of imidazole rings is 1. The molecule has 0 bridgehead atoms. The molecule has 4 rings (SSSR count). The Hall–Kier alpha value is -2.93. The smallest absolute Gasteiger partial charge is 0.254 e. The van der Waals surface area contributed by atoms with Crippen molar-refractivity contribution < 1.29 is 14.3 Å². The predicted octanol–water partition coefficient (Wildman–Crippen LogP) is 3.02. The monoisotopic (exact) mass is 394 g/mol. The van der Waals surface area contributed by atoms with Crippen molar-refractivity contribution in [2.75, 3.05) is 33.9 Å². The molecule has 7 heteroatoms. The van der Waals surface area contributed by atoms with Crippen LogP contribution in [0.5, 0.6) is 5.75 Å². The van der Waals surface area contributed by atoms with Crippen LogP contribution in [-0.2, 0) is 11.3 Å². The maximum atomic E-state index is 13.0. The zero-order valence-corrected chi connectivity index (χ0v) is 17.1. The molecule has 0 radical (unpaired) electrons. The van der Waals surface area contributed by atoms with Crippen molar-refractivity contribution in [2.24, 2.45) is 0 Å². The lowest BCUT2D eigenvalue weighted by molar-refractivity contribution is 0.0790. The fourth-order valence-corrected chi connectivity index (χ4v) is 3.98. The molecular formula is C22H26N4O3. The molecule has 1 amide bonds. The van der Waals surface area contributed by atoms with Gasteiger partial charge in [-0.1, -0.05) is 6.07 Å². The number of carbonyl (C=O) groups excluding carboxylic acids is 1. The second-order valence-electron chi connectivity index (χ2n) is 7.38. The van der Waals surface area contributed by atoms with Gasteiger partial charge in [0.15, 0.2) is 5.65 Å². The van der Waals surface area contributed by atoms with Crippen molar-refractivity contribution in [1.82, 2.24) is 19.4 Å². The fraction of sp³-hybridized carbons (Fsp3) is 0.409. The fourth-order valence-electron chi connectivity index (χ4n) is 3.98. The van der Waals surface area contributed by atoms with Crippen molar-refractivity contribution in [2.45, 2.75) is 25.8 Å². The number of likely N-dealkylation sites (tertiary alicyclic amines) is 1. The highest BCUT2D eigenvalue weighted by Gasteiger charge is 2.31. The molecular weight excluding hydrogens is 368 g/mol. The van der Waals surface area contributed by atoms with Crippen LogP contribution in [0.1, 0.15) is 34.1 Å². The number of pyridine rings is 1. The molecule has 29 heavy (non-hydrogen) atoms. The maximum Gasteiger partial charge on any atom is 0.254 e. The van der Waals surface area contributed by atoms with Gasteiger partial charge in [-0.3, -0.25) is 4.79 Å². The van der Waals surface area contributed by atoms with Gasteiger partial charge >= 0.3 is 0 Å². The van der Waals surface area contributed by atoms with E-state index in [2.05, 4.69) is 9.55 Å². The van der Waals surface area contributed by atoms with Crippen molar-refractivity contribution in [3.8, 4) is 5.75 Å². The average molecular weight is 394 g/mol. The van der Waals surface area contributed by atoms with Gasteiger partial charge in [0.05, 0.1) is 13.7 Å². The van der Waals surface area contributed by atoms with Gasteiger partial charge in [0.2, 0.25) is 0 Å². The highest BCUT2D eigenvalue weighted by Crippen LogP contribution is 2.30. The van der Waals surface area contributed by atoms with Crippen LogP contribution in [0.2, 0.25) is 0 Å². The third kappa shape index (κ3) is 3.70. The zero-order chi connectivity index (χ0) is 20.4. The number of carbonyl (C=O) groups is 1. The molecule has 0 unspecified atom stereocenters. The summed E-state index contributed by atoms with van der Waals surface area (Å²) in [5, 5.41) is 0. The maximum absolute atomic E-state index is 13.0. The van der Waals surface area contributed by atoms with E-state index in [-0.39, 0.29) is 11.8 Å². The van der Waals surface area contributed by atoms with Crippen molar-refractivity contribution in [3.63, 3.8) is 0 Å². The lowest BCUT2D eigenvalue weighted by Crippen LogP contribution is -2.28. The van der Waals surface area contributed by atoms with Crippen molar-refractivity contribution in [3.05, 3.63) is 53.5 Å². The van der Waals surface area contributed by atoms with Gasteiger partial charge in [0.1, 0.15) is 17.1 Å². The summed E-state index contributed by atoms with van der Waals surface area (Å²) in [6.07, 6.45) is 2.66. The number of amides is 1. The zero-order valence-electron chi connectivity index (χ0n) is 17.1. The minimum absolute atomic E-state index is 0.0310. The molecule has 1 aromatic carbocycles. The Morgan fingerprint density at radius 2 is 2.14 bits per heavy atom. The number of benzene rings is 1. The number of aryl methyl sites for hydroxylation is 1. The summed E-state index contributed by atoms with van der Waals surface area (Å²) >= 11 is 0. The Balaban J connectivity index is 1.57. The predicted molar refractivity (Wildman–Crippen MR) is 110 cm³/mol. The second kappa shape index (κ2) is 8.21. The first-order valence-electron chi connectivity index (χ1n) is 9.86. The Morgan fingerprint density at radius 3 is 2.93 bits per heavy atom. The van der Waals surface area contributed by atoms with E-state index in [1.165, 1.54) is 0 Å². The highest BCUT2D eigenvalue weighted by atomic mass is 16.5. The van der Waals surface area contributed by atoms with Gasteiger partial charge in [-0.05, 0) is 43.2 Å². The Morgan fingerprint density at radius 1 is 1.28 bits per heavy atom. The molecule has 7 nitrogen and oxygen atoms in total. The minimum Gasteiger partial charge on any atom is -0.496 e. The van der Waals surface area contributed by atoms with E-state index < -0.39 is 0 Å². The normalized spacial score (nSPS) is 16.5. The summed E-state index contributed by atoms with van der Waals surface area (Å²) in [4.78, 5) is 24.3. The van der Waals surface area contributed by atoms with Crippen LogP contribution in [0.3, 0.4) is 0 Å². The Bertz CT molecular complexity index is 1030. The number of hydrogen-bond acceptors (Lipinski definition) is 5. The molecule has 1 atom stereocenters. The van der Waals surface area contributed by atoms with Crippen LogP contribution < -0.4 is 4.74 Å². The summed E-state index contributed by atoms with van der Waals surface area (Å²) in [5.41, 5.74) is 3.42. The number of nitrogens with zero attached hydrogens (tertiary/aromatic N) is 4. The summed E-state index contributed by atoms with van der Waals surface area (Å²) in [6.45, 7) is 4.61. The van der Waals surface area contributed by atoms with E-state index in [1.54, 1.807) is 20.4 Å². The number of aromatic nitrogens is 3. The summed E-state index contributed by atoms with van der Waals surface area (Å²) in [6, 6.07) is 9.49. The number of ether oxygens (including phenoxy) is 2. The first-order chi connectivity index (χ1) is 14.1. The number of hydrogen-bond donors (Lipinski definition) is 0. The van der Waals surface area contributed by atoms with Gasteiger partial charge in [-0.15, -0.1) is 0 Å². The molecule has 1 aliphatic rings. The summed E-state index contributed by atoms with van der Waals surface area (Å²) in [5.74, 6) is 1.92. The van der Waals surface area contributed by atoms with E-state index in [0.29, 0.717) is 31.8 Å². The van der Waals surface area contributed by atoms with E-state index in [9.17, 15) is 4.79 Å².